The van der Waals surface area contributed by atoms with Gasteiger partial charge >= 0.3 is 0 Å². The highest BCUT2D eigenvalue weighted by molar-refractivity contribution is 5.14. The minimum atomic E-state index is 0.692. The second-order valence-electron chi connectivity index (χ2n) is 14.7. The minimum absolute atomic E-state index is 0.692. The van der Waals surface area contributed by atoms with Crippen molar-refractivity contribution in [2.45, 2.75) is 225 Å². The highest BCUT2D eigenvalue weighted by Crippen LogP contribution is 2.26. The molecule has 2 rings (SSSR count). The van der Waals surface area contributed by atoms with Gasteiger partial charge in [-0.05, 0) is 31.2 Å². The van der Waals surface area contributed by atoms with Crippen LogP contribution in [0.15, 0.2) is 42.7 Å². The van der Waals surface area contributed by atoms with Crippen LogP contribution in [-0.2, 0) is 13.0 Å². The normalized spacial score (nSPS) is 12.2. The third-order valence-electron chi connectivity index (χ3n) is 10.5. The molecule has 0 spiro atoms. The van der Waals surface area contributed by atoms with E-state index in [4.69, 9.17) is 0 Å². The van der Waals surface area contributed by atoms with Crippen molar-refractivity contribution in [2.24, 2.45) is 0 Å². The lowest BCUT2D eigenvalue weighted by Gasteiger charge is -2.14. The van der Waals surface area contributed by atoms with E-state index in [-0.39, 0.29) is 0 Å². The van der Waals surface area contributed by atoms with Crippen LogP contribution in [0.1, 0.15) is 224 Å². The van der Waals surface area contributed by atoms with Crippen molar-refractivity contribution in [3.05, 3.63) is 54.1 Å². The first-order valence-corrected chi connectivity index (χ1v) is 21.0. The quantitative estimate of drug-likeness (QED) is 0.0583. The Morgan fingerprint density at radius 1 is 0.478 bits per heavy atom. The summed E-state index contributed by atoms with van der Waals surface area (Å²) < 4.78 is 2.55. The number of aromatic nitrogens is 2. The molecule has 0 unspecified atom stereocenters. The SMILES string of the molecule is CCCCCCCCCCCCCCCCCCC[C@H](CCCCCCCCCCCC)c1[nH]cc[n+]1CCCc1ccccc1. The molecule has 2 nitrogen and oxygen atoms in total. The average Bonchev–Trinajstić information content (AvgIpc) is 3.55. The van der Waals surface area contributed by atoms with Crippen LogP contribution in [0, 0.1) is 0 Å². The molecule has 264 valence electrons. The van der Waals surface area contributed by atoms with E-state index in [1.54, 1.807) is 0 Å². The Hall–Kier alpha value is -1.57. The van der Waals surface area contributed by atoms with E-state index in [2.05, 4.69) is 66.1 Å². The first kappa shape index (κ1) is 40.6. The summed E-state index contributed by atoms with van der Waals surface area (Å²) in [5, 5.41) is 0. The summed E-state index contributed by atoms with van der Waals surface area (Å²) in [6.45, 7) is 5.75. The lowest BCUT2D eigenvalue weighted by Crippen LogP contribution is -2.37. The molecule has 1 aromatic heterocycles. The van der Waals surface area contributed by atoms with Gasteiger partial charge < -0.3 is 0 Å². The molecule has 1 atom stereocenters. The van der Waals surface area contributed by atoms with E-state index in [1.165, 1.54) is 210 Å². The molecule has 2 aromatic rings. The second-order valence-corrected chi connectivity index (χ2v) is 14.7. The maximum absolute atomic E-state index is 3.71. The molecule has 1 N–H and O–H groups in total. The molecule has 0 aliphatic carbocycles. The van der Waals surface area contributed by atoms with Gasteiger partial charge in [-0.15, -0.1) is 0 Å². The molecule has 0 radical (unpaired) electrons. The number of hydrogen-bond acceptors (Lipinski definition) is 0. The van der Waals surface area contributed by atoms with Gasteiger partial charge in [0, 0.05) is 0 Å². The summed E-state index contributed by atoms with van der Waals surface area (Å²) in [5.74, 6) is 2.19. The fourth-order valence-corrected chi connectivity index (χ4v) is 7.43. The van der Waals surface area contributed by atoms with Crippen molar-refractivity contribution in [3.8, 4) is 0 Å². The van der Waals surface area contributed by atoms with Crippen molar-refractivity contribution < 1.29 is 4.57 Å². The highest BCUT2D eigenvalue weighted by Gasteiger charge is 2.22. The number of H-pyrrole nitrogens is 1. The van der Waals surface area contributed by atoms with Gasteiger partial charge in [0.25, 0.3) is 5.82 Å². The predicted molar refractivity (Wildman–Crippen MR) is 204 cm³/mol. The zero-order chi connectivity index (χ0) is 32.6. The van der Waals surface area contributed by atoms with Gasteiger partial charge in [0.15, 0.2) is 0 Å². The van der Waals surface area contributed by atoms with Crippen LogP contribution in [0.2, 0.25) is 0 Å². The Balaban J connectivity index is 1.61. The number of unbranched alkanes of at least 4 members (excludes halogenated alkanes) is 25. The summed E-state index contributed by atoms with van der Waals surface area (Å²) in [4.78, 5) is 3.71. The van der Waals surface area contributed by atoms with E-state index in [1.807, 2.05) is 0 Å². The number of aryl methyl sites for hydroxylation is 2. The van der Waals surface area contributed by atoms with Crippen LogP contribution < -0.4 is 4.57 Å². The standard InChI is InChI=1S/C44H78N2/c1-3-5-7-9-11-13-15-16-17-18-19-20-21-23-25-27-32-38-43(37-31-26-24-22-14-12-10-8-6-4-2)44-45-39-41-46(44)40-33-36-42-34-29-28-30-35-42/h28-30,34-35,39,41,43H,3-27,31-33,36-38,40H2,1-2H3/p+1/t43-/m0/s1. The summed E-state index contributed by atoms with van der Waals surface area (Å²) in [5.41, 5.74) is 1.46. The van der Waals surface area contributed by atoms with E-state index in [0.29, 0.717) is 5.92 Å². The maximum atomic E-state index is 3.71. The summed E-state index contributed by atoms with van der Waals surface area (Å²) in [6.07, 6.45) is 48.5. The fourth-order valence-electron chi connectivity index (χ4n) is 7.43. The third kappa shape index (κ3) is 22.1. The number of nitrogens with zero attached hydrogens (tertiary/aromatic N) is 1. The molecule has 1 heterocycles. The number of aromatic amines is 1. The summed E-state index contributed by atoms with van der Waals surface area (Å²) >= 11 is 0. The predicted octanol–water partition coefficient (Wildman–Crippen LogP) is 14.4. The zero-order valence-electron chi connectivity index (χ0n) is 31.2. The maximum Gasteiger partial charge on any atom is 0.257 e. The smallest absolute Gasteiger partial charge is 0.247 e. The lowest BCUT2D eigenvalue weighted by molar-refractivity contribution is -0.704. The molecule has 2 heteroatoms. The van der Waals surface area contributed by atoms with E-state index in [0.717, 1.165) is 6.54 Å². The van der Waals surface area contributed by atoms with Gasteiger partial charge in [0.05, 0.1) is 12.5 Å². The molecule has 0 amide bonds. The molecule has 0 fully saturated rings. The fraction of sp³-hybridized carbons (Fsp3) is 0.795. The Morgan fingerprint density at radius 2 is 0.870 bits per heavy atom. The van der Waals surface area contributed by atoms with Crippen molar-refractivity contribution in [3.63, 3.8) is 0 Å². The van der Waals surface area contributed by atoms with Gasteiger partial charge in [-0.1, -0.05) is 218 Å². The zero-order valence-corrected chi connectivity index (χ0v) is 31.2. The molecule has 46 heavy (non-hydrogen) atoms. The third-order valence-corrected chi connectivity index (χ3v) is 10.5. The molecule has 0 aliphatic rings. The first-order chi connectivity index (χ1) is 22.8. The van der Waals surface area contributed by atoms with E-state index < -0.39 is 0 Å². The minimum Gasteiger partial charge on any atom is -0.247 e. The van der Waals surface area contributed by atoms with Gasteiger partial charge in [0.1, 0.15) is 12.4 Å². The largest absolute Gasteiger partial charge is 0.257 e. The molecule has 1 aromatic carbocycles. The van der Waals surface area contributed by atoms with Crippen molar-refractivity contribution in [1.29, 1.82) is 0 Å². The Morgan fingerprint density at radius 3 is 1.28 bits per heavy atom. The van der Waals surface area contributed by atoms with Gasteiger partial charge in [-0.25, -0.2) is 9.55 Å². The van der Waals surface area contributed by atoms with Crippen LogP contribution in [0.3, 0.4) is 0 Å². The topological polar surface area (TPSA) is 19.7 Å². The van der Waals surface area contributed by atoms with Crippen LogP contribution in [0.4, 0.5) is 0 Å². The highest BCUT2D eigenvalue weighted by atomic mass is 15.1. The van der Waals surface area contributed by atoms with Gasteiger partial charge in [-0.2, -0.15) is 0 Å². The van der Waals surface area contributed by atoms with Gasteiger partial charge in [-0.3, -0.25) is 0 Å². The van der Waals surface area contributed by atoms with Crippen LogP contribution in [0.25, 0.3) is 0 Å². The molecule has 0 bridgehead atoms. The number of hydrogen-bond donors (Lipinski definition) is 1. The lowest BCUT2D eigenvalue weighted by atomic mass is 9.93. The summed E-state index contributed by atoms with van der Waals surface area (Å²) in [6, 6.07) is 11.0. The number of nitrogens with one attached hydrogen (secondary N) is 1. The van der Waals surface area contributed by atoms with E-state index in [9.17, 15) is 0 Å². The van der Waals surface area contributed by atoms with Crippen molar-refractivity contribution in [1.82, 2.24) is 4.98 Å². The molecular weight excluding hydrogens is 556 g/mol. The monoisotopic (exact) mass is 636 g/mol. The van der Waals surface area contributed by atoms with Crippen LogP contribution in [-0.4, -0.2) is 4.98 Å². The first-order valence-electron chi connectivity index (χ1n) is 21.0. The average molecular weight is 636 g/mol. The Bertz CT molecular complexity index is 871. The van der Waals surface area contributed by atoms with Crippen LogP contribution >= 0.6 is 0 Å². The number of imidazole rings is 1. The van der Waals surface area contributed by atoms with Crippen molar-refractivity contribution >= 4 is 0 Å². The van der Waals surface area contributed by atoms with Gasteiger partial charge in [0.2, 0.25) is 0 Å². The molecule has 0 saturated carbocycles. The molecular formula is C44H79N2+. The molecule has 0 saturated heterocycles. The Labute approximate surface area is 288 Å². The number of rotatable bonds is 34. The van der Waals surface area contributed by atoms with Crippen LogP contribution in [0.5, 0.6) is 0 Å². The van der Waals surface area contributed by atoms with E-state index >= 15 is 0 Å². The Kier molecular flexibility index (Phi) is 27.1. The second kappa shape index (κ2) is 30.7. The van der Waals surface area contributed by atoms with Crippen molar-refractivity contribution in [2.75, 3.05) is 0 Å². The summed E-state index contributed by atoms with van der Waals surface area (Å²) in [7, 11) is 0. The number of benzene rings is 1. The molecule has 0 aliphatic heterocycles.